The van der Waals surface area contributed by atoms with Gasteiger partial charge in [0.25, 0.3) is 0 Å². The number of rotatable bonds is 3. The molecule has 2 aromatic rings. The van der Waals surface area contributed by atoms with Gasteiger partial charge < -0.3 is 16.2 Å². The number of aromatic nitrogens is 1. The first-order valence-corrected chi connectivity index (χ1v) is 7.80. The summed E-state index contributed by atoms with van der Waals surface area (Å²) in [6.45, 7) is 2.11. The van der Waals surface area contributed by atoms with Crippen molar-refractivity contribution in [3.05, 3.63) is 30.0 Å². The lowest BCUT2D eigenvalue weighted by atomic mass is 9.91. The molecular formula is C17H23N3O. The predicted octanol–water partition coefficient (Wildman–Crippen LogP) is 3.18. The second-order valence-corrected chi connectivity index (χ2v) is 5.94. The lowest BCUT2D eigenvalue weighted by molar-refractivity contribution is 0.411. The molecule has 0 spiro atoms. The van der Waals surface area contributed by atoms with E-state index in [1.165, 1.54) is 5.56 Å². The molecule has 112 valence electrons. The SMILES string of the molecule is CCc1cnc(O)c2cccc(N[C@H]3CC[C@@H](N)CC3)c12. The molecule has 1 aliphatic rings. The van der Waals surface area contributed by atoms with Crippen LogP contribution in [0.4, 0.5) is 5.69 Å². The zero-order valence-electron chi connectivity index (χ0n) is 12.5. The molecule has 0 atom stereocenters. The van der Waals surface area contributed by atoms with Crippen LogP contribution < -0.4 is 11.1 Å². The summed E-state index contributed by atoms with van der Waals surface area (Å²) in [6.07, 6.45) is 7.05. The summed E-state index contributed by atoms with van der Waals surface area (Å²) in [5.74, 6) is 0.108. The zero-order valence-corrected chi connectivity index (χ0v) is 12.5. The van der Waals surface area contributed by atoms with E-state index in [0.717, 1.165) is 48.6 Å². The molecule has 4 N–H and O–H groups in total. The van der Waals surface area contributed by atoms with Crippen LogP contribution >= 0.6 is 0 Å². The zero-order chi connectivity index (χ0) is 14.8. The number of aromatic hydroxyl groups is 1. The van der Waals surface area contributed by atoms with Crippen LogP contribution in [0.25, 0.3) is 10.8 Å². The Morgan fingerprint density at radius 3 is 2.76 bits per heavy atom. The monoisotopic (exact) mass is 285 g/mol. The normalized spacial score (nSPS) is 22.4. The van der Waals surface area contributed by atoms with Gasteiger partial charge in [0.15, 0.2) is 0 Å². The van der Waals surface area contributed by atoms with Crippen molar-refractivity contribution in [3.8, 4) is 5.88 Å². The van der Waals surface area contributed by atoms with Gasteiger partial charge in [-0.25, -0.2) is 4.98 Å². The Hall–Kier alpha value is -1.81. The molecule has 0 radical (unpaired) electrons. The van der Waals surface area contributed by atoms with Gasteiger partial charge >= 0.3 is 0 Å². The average Bonchev–Trinajstić information content (AvgIpc) is 2.51. The van der Waals surface area contributed by atoms with E-state index in [-0.39, 0.29) is 5.88 Å². The van der Waals surface area contributed by atoms with Crippen molar-refractivity contribution < 1.29 is 5.11 Å². The van der Waals surface area contributed by atoms with Crippen LogP contribution in [0.1, 0.15) is 38.2 Å². The molecule has 1 saturated carbocycles. The van der Waals surface area contributed by atoms with Crippen molar-refractivity contribution in [3.63, 3.8) is 0 Å². The second-order valence-electron chi connectivity index (χ2n) is 5.94. The van der Waals surface area contributed by atoms with E-state index < -0.39 is 0 Å². The number of aryl methyl sites for hydroxylation is 1. The van der Waals surface area contributed by atoms with Gasteiger partial charge in [0.1, 0.15) is 0 Å². The minimum atomic E-state index is 0.108. The van der Waals surface area contributed by atoms with Crippen LogP contribution in [-0.4, -0.2) is 22.2 Å². The molecule has 3 rings (SSSR count). The van der Waals surface area contributed by atoms with Crippen molar-refractivity contribution in [2.75, 3.05) is 5.32 Å². The number of hydrogen-bond donors (Lipinski definition) is 3. The molecule has 0 amide bonds. The van der Waals surface area contributed by atoms with E-state index in [2.05, 4.69) is 23.3 Å². The van der Waals surface area contributed by atoms with Crippen LogP contribution in [-0.2, 0) is 6.42 Å². The van der Waals surface area contributed by atoms with Gasteiger partial charge in [-0.1, -0.05) is 13.0 Å². The molecule has 1 aliphatic carbocycles. The summed E-state index contributed by atoms with van der Waals surface area (Å²) < 4.78 is 0. The van der Waals surface area contributed by atoms with Gasteiger partial charge in [0.2, 0.25) is 5.88 Å². The fraction of sp³-hybridized carbons (Fsp3) is 0.471. The third-order valence-corrected chi connectivity index (χ3v) is 4.48. The predicted molar refractivity (Wildman–Crippen MR) is 86.6 cm³/mol. The maximum absolute atomic E-state index is 10.0. The van der Waals surface area contributed by atoms with Crippen LogP contribution in [0, 0.1) is 0 Å². The second kappa shape index (κ2) is 5.90. The Labute approximate surface area is 125 Å². The molecule has 4 nitrogen and oxygen atoms in total. The fourth-order valence-corrected chi connectivity index (χ4v) is 3.23. The Kier molecular flexibility index (Phi) is 3.97. The minimum Gasteiger partial charge on any atom is -0.493 e. The highest BCUT2D eigenvalue weighted by Crippen LogP contribution is 2.33. The van der Waals surface area contributed by atoms with Crippen LogP contribution in [0.5, 0.6) is 5.88 Å². The minimum absolute atomic E-state index is 0.108. The number of nitrogens with two attached hydrogens (primary N) is 1. The number of benzene rings is 1. The Morgan fingerprint density at radius 1 is 1.29 bits per heavy atom. The van der Waals surface area contributed by atoms with Crippen LogP contribution in [0.3, 0.4) is 0 Å². The Balaban J connectivity index is 1.96. The van der Waals surface area contributed by atoms with Gasteiger partial charge in [-0.3, -0.25) is 0 Å². The van der Waals surface area contributed by atoms with E-state index in [0.29, 0.717) is 12.1 Å². The van der Waals surface area contributed by atoms with Crippen molar-refractivity contribution in [2.24, 2.45) is 5.73 Å². The number of fused-ring (bicyclic) bond motifs is 1. The van der Waals surface area contributed by atoms with Crippen molar-refractivity contribution in [1.29, 1.82) is 0 Å². The summed E-state index contributed by atoms with van der Waals surface area (Å²) in [5, 5.41) is 15.6. The summed E-state index contributed by atoms with van der Waals surface area (Å²) in [4.78, 5) is 4.09. The van der Waals surface area contributed by atoms with Crippen molar-refractivity contribution in [2.45, 2.75) is 51.1 Å². The fourth-order valence-electron chi connectivity index (χ4n) is 3.23. The number of nitrogens with zero attached hydrogens (tertiary/aromatic N) is 1. The first kappa shape index (κ1) is 14.1. The smallest absolute Gasteiger partial charge is 0.218 e. The lowest BCUT2D eigenvalue weighted by Crippen LogP contribution is -2.32. The highest BCUT2D eigenvalue weighted by molar-refractivity contribution is 5.99. The van der Waals surface area contributed by atoms with E-state index in [9.17, 15) is 5.11 Å². The number of pyridine rings is 1. The van der Waals surface area contributed by atoms with E-state index in [1.807, 2.05) is 12.1 Å². The summed E-state index contributed by atoms with van der Waals surface area (Å²) >= 11 is 0. The number of nitrogens with one attached hydrogen (secondary N) is 1. The van der Waals surface area contributed by atoms with Gasteiger partial charge in [-0.05, 0) is 49.8 Å². The average molecular weight is 285 g/mol. The molecule has 1 fully saturated rings. The Bertz CT molecular complexity index is 633. The first-order chi connectivity index (χ1) is 10.2. The summed E-state index contributed by atoms with van der Waals surface area (Å²) in [7, 11) is 0. The first-order valence-electron chi connectivity index (χ1n) is 7.80. The van der Waals surface area contributed by atoms with Crippen molar-refractivity contribution >= 4 is 16.5 Å². The Morgan fingerprint density at radius 2 is 2.05 bits per heavy atom. The van der Waals surface area contributed by atoms with Crippen molar-refractivity contribution in [1.82, 2.24) is 4.98 Å². The molecule has 0 aliphatic heterocycles. The maximum atomic E-state index is 10.0. The summed E-state index contributed by atoms with van der Waals surface area (Å²) in [5.41, 5.74) is 8.24. The molecule has 0 saturated heterocycles. The molecule has 0 unspecified atom stereocenters. The number of anilines is 1. The van der Waals surface area contributed by atoms with Crippen LogP contribution in [0.15, 0.2) is 24.4 Å². The maximum Gasteiger partial charge on any atom is 0.218 e. The summed E-state index contributed by atoms with van der Waals surface area (Å²) in [6, 6.07) is 6.82. The molecule has 1 aromatic carbocycles. The highest BCUT2D eigenvalue weighted by Gasteiger charge is 2.19. The van der Waals surface area contributed by atoms with Gasteiger partial charge in [-0.15, -0.1) is 0 Å². The largest absolute Gasteiger partial charge is 0.493 e. The third-order valence-electron chi connectivity index (χ3n) is 4.48. The number of hydrogen-bond acceptors (Lipinski definition) is 4. The highest BCUT2D eigenvalue weighted by atomic mass is 16.3. The molecular weight excluding hydrogens is 262 g/mol. The van der Waals surface area contributed by atoms with E-state index in [1.54, 1.807) is 6.20 Å². The molecule has 4 heteroatoms. The van der Waals surface area contributed by atoms with Gasteiger partial charge in [-0.2, -0.15) is 0 Å². The van der Waals surface area contributed by atoms with E-state index in [4.69, 9.17) is 5.73 Å². The van der Waals surface area contributed by atoms with Gasteiger partial charge in [0.05, 0.1) is 0 Å². The lowest BCUT2D eigenvalue weighted by Gasteiger charge is -2.28. The quantitative estimate of drug-likeness (QED) is 0.810. The van der Waals surface area contributed by atoms with Crippen LogP contribution in [0.2, 0.25) is 0 Å². The third kappa shape index (κ3) is 2.81. The van der Waals surface area contributed by atoms with E-state index >= 15 is 0 Å². The standard InChI is InChI=1S/C17H23N3O/c1-2-11-10-19-17(21)14-4-3-5-15(16(11)14)20-13-8-6-12(18)7-9-13/h3-5,10,12-13,20H,2,6-9,18H2,1H3,(H,19,21)/t12-,13+. The molecule has 0 bridgehead atoms. The van der Waals surface area contributed by atoms with Gasteiger partial charge in [0, 0.05) is 34.7 Å². The molecule has 21 heavy (non-hydrogen) atoms. The topological polar surface area (TPSA) is 71.2 Å². The molecule has 1 heterocycles. The molecule has 1 aromatic heterocycles.